The molecule has 0 fully saturated rings. The van der Waals surface area contributed by atoms with Crippen LogP contribution in [-0.2, 0) is 0 Å². The molecule has 26 heavy (non-hydrogen) atoms. The molecule has 130 valence electrons. The molecule has 0 aliphatic carbocycles. The van der Waals surface area contributed by atoms with Crippen molar-refractivity contribution in [2.45, 2.75) is 5.92 Å². The van der Waals surface area contributed by atoms with Crippen LogP contribution in [-0.4, -0.2) is 17.4 Å². The van der Waals surface area contributed by atoms with Gasteiger partial charge in [0.2, 0.25) is 0 Å². The number of benzene rings is 2. The molecule has 0 saturated carbocycles. The molecular formula is C21H17BrN2OS. The number of nitrogens with one attached hydrogen (secondary N) is 2. The van der Waals surface area contributed by atoms with Gasteiger partial charge in [-0.05, 0) is 40.8 Å². The summed E-state index contributed by atoms with van der Waals surface area (Å²) in [7, 11) is 0. The lowest BCUT2D eigenvalue weighted by Gasteiger charge is -2.18. The van der Waals surface area contributed by atoms with Crippen molar-refractivity contribution in [3.63, 3.8) is 0 Å². The molecule has 1 atom stereocenters. The Kier molecular flexibility index (Phi) is 4.91. The number of para-hydroxylation sites is 1. The average Bonchev–Trinajstić information content (AvgIpc) is 3.33. The highest BCUT2D eigenvalue weighted by molar-refractivity contribution is 9.10. The van der Waals surface area contributed by atoms with Crippen molar-refractivity contribution in [2.24, 2.45) is 0 Å². The second-order valence-electron chi connectivity index (χ2n) is 6.08. The van der Waals surface area contributed by atoms with Gasteiger partial charge in [0.05, 0.1) is 4.88 Å². The Morgan fingerprint density at radius 3 is 2.65 bits per heavy atom. The molecule has 1 amide bonds. The zero-order chi connectivity index (χ0) is 17.9. The second kappa shape index (κ2) is 7.48. The Hall–Kier alpha value is -2.37. The lowest BCUT2D eigenvalue weighted by Crippen LogP contribution is -2.28. The molecule has 4 rings (SSSR count). The lowest BCUT2D eigenvalue weighted by molar-refractivity contribution is 0.0956. The largest absolute Gasteiger partial charge is 0.361 e. The van der Waals surface area contributed by atoms with Crippen LogP contribution in [0.5, 0.6) is 0 Å². The summed E-state index contributed by atoms with van der Waals surface area (Å²) in [4.78, 5) is 16.5. The van der Waals surface area contributed by atoms with E-state index in [1.165, 1.54) is 27.8 Å². The predicted octanol–water partition coefficient (Wildman–Crippen LogP) is 5.55. The van der Waals surface area contributed by atoms with Gasteiger partial charge in [0, 0.05) is 34.0 Å². The van der Waals surface area contributed by atoms with E-state index in [1.54, 1.807) is 0 Å². The van der Waals surface area contributed by atoms with Gasteiger partial charge in [0.15, 0.2) is 0 Å². The molecule has 2 N–H and O–H groups in total. The third-order valence-corrected chi connectivity index (χ3v) is 5.88. The zero-order valence-corrected chi connectivity index (χ0v) is 16.3. The highest BCUT2D eigenvalue weighted by atomic mass is 79.9. The Bertz CT molecular complexity index is 1020. The van der Waals surface area contributed by atoms with E-state index in [0.717, 1.165) is 14.9 Å². The highest BCUT2D eigenvalue weighted by Crippen LogP contribution is 2.31. The summed E-state index contributed by atoms with van der Waals surface area (Å²) in [5, 5.41) is 6.20. The number of hydrogen-bond acceptors (Lipinski definition) is 2. The van der Waals surface area contributed by atoms with Crippen LogP contribution in [0.4, 0.5) is 0 Å². The molecule has 3 nitrogen and oxygen atoms in total. The molecule has 1 unspecified atom stereocenters. The fourth-order valence-corrected chi connectivity index (χ4v) is 4.08. The van der Waals surface area contributed by atoms with Crippen LogP contribution < -0.4 is 5.32 Å². The maximum absolute atomic E-state index is 12.4. The van der Waals surface area contributed by atoms with Crippen LogP contribution in [0.2, 0.25) is 0 Å². The van der Waals surface area contributed by atoms with Gasteiger partial charge >= 0.3 is 0 Å². The average molecular weight is 425 g/mol. The SMILES string of the molecule is O=C(NCC(c1ccc(Br)cc1)c1c[nH]c2ccccc12)c1cccs1. The zero-order valence-electron chi connectivity index (χ0n) is 13.9. The van der Waals surface area contributed by atoms with E-state index >= 15 is 0 Å². The number of rotatable bonds is 5. The normalized spacial score (nSPS) is 12.2. The fourth-order valence-electron chi connectivity index (χ4n) is 3.17. The first-order valence-corrected chi connectivity index (χ1v) is 10.0. The van der Waals surface area contributed by atoms with E-state index in [9.17, 15) is 4.79 Å². The summed E-state index contributed by atoms with van der Waals surface area (Å²) in [6.45, 7) is 0.542. The van der Waals surface area contributed by atoms with Gasteiger partial charge in [-0.2, -0.15) is 0 Å². The summed E-state index contributed by atoms with van der Waals surface area (Å²) >= 11 is 4.95. The number of aromatic nitrogens is 1. The third kappa shape index (κ3) is 3.45. The smallest absolute Gasteiger partial charge is 0.261 e. The first-order chi connectivity index (χ1) is 12.7. The van der Waals surface area contributed by atoms with E-state index in [2.05, 4.69) is 56.7 Å². The number of hydrogen-bond donors (Lipinski definition) is 2. The number of amides is 1. The molecule has 0 aliphatic heterocycles. The molecular weight excluding hydrogens is 408 g/mol. The Balaban J connectivity index is 1.67. The number of halogens is 1. The van der Waals surface area contributed by atoms with Crippen molar-refractivity contribution in [3.8, 4) is 0 Å². The van der Waals surface area contributed by atoms with Gasteiger partial charge in [0.1, 0.15) is 0 Å². The molecule has 2 aromatic carbocycles. The summed E-state index contributed by atoms with van der Waals surface area (Å²) in [5.74, 6) is 0.0464. The van der Waals surface area contributed by atoms with Gasteiger partial charge in [-0.1, -0.05) is 52.3 Å². The highest BCUT2D eigenvalue weighted by Gasteiger charge is 2.19. The van der Waals surface area contributed by atoms with Gasteiger partial charge in [-0.25, -0.2) is 0 Å². The molecule has 4 aromatic rings. The summed E-state index contributed by atoms with van der Waals surface area (Å²) in [5.41, 5.74) is 3.47. The first kappa shape index (κ1) is 17.1. The second-order valence-corrected chi connectivity index (χ2v) is 7.94. The van der Waals surface area contributed by atoms with E-state index in [-0.39, 0.29) is 11.8 Å². The Morgan fingerprint density at radius 1 is 1.08 bits per heavy atom. The third-order valence-electron chi connectivity index (χ3n) is 4.48. The summed E-state index contributed by atoms with van der Waals surface area (Å²) in [6, 6.07) is 20.3. The quantitative estimate of drug-likeness (QED) is 0.433. The maximum Gasteiger partial charge on any atom is 0.261 e. The minimum Gasteiger partial charge on any atom is -0.361 e. The van der Waals surface area contributed by atoms with Crippen molar-refractivity contribution < 1.29 is 4.79 Å². The number of aromatic amines is 1. The molecule has 0 radical (unpaired) electrons. The molecule has 2 heterocycles. The van der Waals surface area contributed by atoms with Crippen LogP contribution in [0.15, 0.2) is 76.7 Å². The van der Waals surface area contributed by atoms with Gasteiger partial charge in [0.25, 0.3) is 5.91 Å². The number of thiophene rings is 1. The Labute approximate surface area is 164 Å². The van der Waals surface area contributed by atoms with Gasteiger partial charge in [-0.3, -0.25) is 4.79 Å². The van der Waals surface area contributed by atoms with Crippen molar-refractivity contribution in [1.82, 2.24) is 10.3 Å². The molecule has 0 aliphatic rings. The number of carbonyl (C=O) groups excluding carboxylic acids is 1. The van der Waals surface area contributed by atoms with Crippen molar-refractivity contribution in [3.05, 3.63) is 92.7 Å². The van der Waals surface area contributed by atoms with Crippen molar-refractivity contribution in [2.75, 3.05) is 6.54 Å². The monoisotopic (exact) mass is 424 g/mol. The maximum atomic E-state index is 12.4. The minimum absolute atomic E-state index is 0.0260. The molecule has 0 spiro atoms. The number of fused-ring (bicyclic) bond motifs is 1. The topological polar surface area (TPSA) is 44.9 Å². The Morgan fingerprint density at radius 2 is 1.88 bits per heavy atom. The molecule has 5 heteroatoms. The van der Waals surface area contributed by atoms with Crippen molar-refractivity contribution >= 4 is 44.1 Å². The minimum atomic E-state index is -0.0260. The molecule has 0 bridgehead atoms. The van der Waals surface area contributed by atoms with E-state index in [4.69, 9.17) is 0 Å². The lowest BCUT2D eigenvalue weighted by atomic mass is 9.91. The van der Waals surface area contributed by atoms with E-state index < -0.39 is 0 Å². The number of carbonyl (C=O) groups is 1. The first-order valence-electron chi connectivity index (χ1n) is 8.35. The summed E-state index contributed by atoms with van der Waals surface area (Å²) in [6.07, 6.45) is 2.05. The van der Waals surface area contributed by atoms with Crippen LogP contribution in [0.1, 0.15) is 26.7 Å². The van der Waals surface area contributed by atoms with E-state index in [1.807, 2.05) is 41.8 Å². The number of H-pyrrole nitrogens is 1. The standard InChI is InChI=1S/C21H17BrN2OS/c22-15-9-7-14(8-10-15)17(12-24-21(25)20-6-3-11-26-20)18-13-23-19-5-2-1-4-16(18)19/h1-11,13,17,23H,12H2,(H,24,25). The van der Waals surface area contributed by atoms with Gasteiger partial charge in [-0.15, -0.1) is 11.3 Å². The molecule has 2 aromatic heterocycles. The fraction of sp³-hybridized carbons (Fsp3) is 0.0952. The van der Waals surface area contributed by atoms with Crippen LogP contribution in [0.3, 0.4) is 0 Å². The predicted molar refractivity (Wildman–Crippen MR) is 111 cm³/mol. The van der Waals surface area contributed by atoms with E-state index in [0.29, 0.717) is 6.54 Å². The summed E-state index contributed by atoms with van der Waals surface area (Å²) < 4.78 is 1.04. The van der Waals surface area contributed by atoms with Gasteiger partial charge < -0.3 is 10.3 Å². The van der Waals surface area contributed by atoms with Crippen LogP contribution >= 0.6 is 27.3 Å². The van der Waals surface area contributed by atoms with Crippen LogP contribution in [0, 0.1) is 0 Å². The van der Waals surface area contributed by atoms with Crippen molar-refractivity contribution in [1.29, 1.82) is 0 Å². The molecule has 0 saturated heterocycles. The van der Waals surface area contributed by atoms with Crippen LogP contribution in [0.25, 0.3) is 10.9 Å².